The minimum atomic E-state index is 0.809. The third-order valence-corrected chi connectivity index (χ3v) is 4.12. The summed E-state index contributed by atoms with van der Waals surface area (Å²) in [5.41, 5.74) is 3.14. The van der Waals surface area contributed by atoms with E-state index in [2.05, 4.69) is 37.9 Å². The molecule has 0 aromatic rings. The third kappa shape index (κ3) is 1.97. The van der Waals surface area contributed by atoms with E-state index in [1.807, 2.05) is 0 Å². The zero-order chi connectivity index (χ0) is 10.8. The third-order valence-electron chi connectivity index (χ3n) is 4.12. The lowest BCUT2D eigenvalue weighted by molar-refractivity contribution is 0.196. The number of rotatable bonds is 2. The molecule has 2 unspecified atom stereocenters. The molecule has 0 saturated carbocycles. The van der Waals surface area contributed by atoms with Gasteiger partial charge in [-0.15, -0.1) is 0 Å². The Morgan fingerprint density at radius 1 is 1.40 bits per heavy atom. The van der Waals surface area contributed by atoms with E-state index < -0.39 is 0 Å². The number of likely N-dealkylation sites (tertiary alicyclic amines) is 1. The van der Waals surface area contributed by atoms with Gasteiger partial charge in [-0.1, -0.05) is 31.9 Å². The summed E-state index contributed by atoms with van der Waals surface area (Å²) in [6, 6.07) is 0. The predicted molar refractivity (Wildman–Crippen MR) is 65.6 cm³/mol. The lowest BCUT2D eigenvalue weighted by atomic mass is 9.76. The van der Waals surface area contributed by atoms with Gasteiger partial charge in [0.1, 0.15) is 0 Å². The fourth-order valence-corrected chi connectivity index (χ4v) is 3.01. The number of nitrogens with zero attached hydrogens (tertiary/aromatic N) is 1. The van der Waals surface area contributed by atoms with Gasteiger partial charge in [0, 0.05) is 25.2 Å². The predicted octanol–water partition coefficient (Wildman–Crippen LogP) is 3.59. The second-order valence-electron chi connectivity index (χ2n) is 4.92. The van der Waals surface area contributed by atoms with Crippen LogP contribution in [0.25, 0.3) is 0 Å². The smallest absolute Gasteiger partial charge is 0.0174 e. The molecule has 0 amide bonds. The van der Waals surface area contributed by atoms with Gasteiger partial charge in [0.2, 0.25) is 0 Å². The lowest BCUT2D eigenvalue weighted by Gasteiger charge is -2.41. The van der Waals surface area contributed by atoms with Gasteiger partial charge in [-0.25, -0.2) is 0 Å². The van der Waals surface area contributed by atoms with E-state index in [9.17, 15) is 0 Å². The SMILES string of the molecule is CCC1=CCC2C(=C1)N(C)CCC2CC. The molecule has 0 radical (unpaired) electrons. The van der Waals surface area contributed by atoms with Crippen molar-refractivity contribution in [1.29, 1.82) is 0 Å². The van der Waals surface area contributed by atoms with Gasteiger partial charge in [-0.05, 0) is 31.3 Å². The van der Waals surface area contributed by atoms with Crippen molar-refractivity contribution >= 4 is 0 Å². The van der Waals surface area contributed by atoms with Crippen LogP contribution in [-0.4, -0.2) is 18.5 Å². The summed E-state index contributed by atoms with van der Waals surface area (Å²) in [7, 11) is 2.25. The molecule has 0 N–H and O–H groups in total. The zero-order valence-electron chi connectivity index (χ0n) is 10.3. The molecule has 1 heterocycles. The van der Waals surface area contributed by atoms with Crippen LogP contribution in [0, 0.1) is 11.8 Å². The largest absolute Gasteiger partial charge is 0.378 e. The second kappa shape index (κ2) is 4.42. The highest BCUT2D eigenvalue weighted by molar-refractivity contribution is 5.30. The molecular formula is C14H23N. The standard InChI is InChI=1S/C14H23N/c1-4-11-6-7-13-12(5-2)8-9-15(3)14(13)10-11/h6,10,12-13H,4-5,7-9H2,1-3H3. The van der Waals surface area contributed by atoms with Gasteiger partial charge in [-0.3, -0.25) is 0 Å². The number of hydrogen-bond acceptors (Lipinski definition) is 1. The maximum atomic E-state index is 2.47. The molecule has 1 saturated heterocycles. The van der Waals surface area contributed by atoms with Gasteiger partial charge >= 0.3 is 0 Å². The van der Waals surface area contributed by atoms with E-state index >= 15 is 0 Å². The first-order valence-electron chi connectivity index (χ1n) is 6.38. The molecule has 1 nitrogen and oxygen atoms in total. The van der Waals surface area contributed by atoms with Crippen LogP contribution in [0.15, 0.2) is 23.4 Å². The second-order valence-corrected chi connectivity index (χ2v) is 4.92. The molecule has 0 aromatic carbocycles. The van der Waals surface area contributed by atoms with E-state index in [1.54, 1.807) is 5.70 Å². The summed E-state index contributed by atoms with van der Waals surface area (Å²) in [4.78, 5) is 2.47. The number of piperidine rings is 1. The van der Waals surface area contributed by atoms with Crippen molar-refractivity contribution in [2.24, 2.45) is 11.8 Å². The Morgan fingerprint density at radius 3 is 2.87 bits per heavy atom. The van der Waals surface area contributed by atoms with Crippen LogP contribution in [0.5, 0.6) is 0 Å². The van der Waals surface area contributed by atoms with E-state index in [0.29, 0.717) is 0 Å². The van der Waals surface area contributed by atoms with E-state index in [4.69, 9.17) is 0 Å². The molecule has 1 aliphatic heterocycles. The van der Waals surface area contributed by atoms with Crippen molar-refractivity contribution in [3.63, 3.8) is 0 Å². The molecule has 0 aromatic heterocycles. The molecule has 0 spiro atoms. The maximum absolute atomic E-state index is 2.47. The number of fused-ring (bicyclic) bond motifs is 1. The minimum absolute atomic E-state index is 0.809. The summed E-state index contributed by atoms with van der Waals surface area (Å²) in [6.45, 7) is 5.84. The monoisotopic (exact) mass is 205 g/mol. The van der Waals surface area contributed by atoms with E-state index in [-0.39, 0.29) is 0 Å². The van der Waals surface area contributed by atoms with Crippen LogP contribution in [0.2, 0.25) is 0 Å². The summed E-state index contributed by atoms with van der Waals surface area (Å²) in [5, 5.41) is 0. The minimum Gasteiger partial charge on any atom is -0.378 e. The normalized spacial score (nSPS) is 30.7. The molecule has 1 fully saturated rings. The van der Waals surface area contributed by atoms with E-state index in [0.717, 1.165) is 11.8 Å². The van der Waals surface area contributed by atoms with Crippen LogP contribution in [0.3, 0.4) is 0 Å². The van der Waals surface area contributed by atoms with Crippen molar-refractivity contribution in [2.45, 2.75) is 39.5 Å². The molecule has 2 rings (SSSR count). The topological polar surface area (TPSA) is 3.24 Å². The summed E-state index contributed by atoms with van der Waals surface area (Å²) >= 11 is 0. The molecule has 0 bridgehead atoms. The van der Waals surface area contributed by atoms with Crippen LogP contribution in [-0.2, 0) is 0 Å². The van der Waals surface area contributed by atoms with Gasteiger partial charge in [0.15, 0.2) is 0 Å². The van der Waals surface area contributed by atoms with Crippen LogP contribution >= 0.6 is 0 Å². The summed E-state index contributed by atoms with van der Waals surface area (Å²) in [5.74, 6) is 1.73. The molecule has 84 valence electrons. The molecule has 2 aliphatic rings. The van der Waals surface area contributed by atoms with Crippen LogP contribution in [0.1, 0.15) is 39.5 Å². The Hall–Kier alpha value is -0.720. The molecule has 15 heavy (non-hydrogen) atoms. The zero-order valence-corrected chi connectivity index (χ0v) is 10.3. The molecular weight excluding hydrogens is 182 g/mol. The fourth-order valence-electron chi connectivity index (χ4n) is 3.01. The summed E-state index contributed by atoms with van der Waals surface area (Å²) < 4.78 is 0. The first-order chi connectivity index (χ1) is 7.26. The van der Waals surface area contributed by atoms with Crippen molar-refractivity contribution < 1.29 is 0 Å². The number of allylic oxidation sites excluding steroid dienone is 4. The van der Waals surface area contributed by atoms with Crippen molar-refractivity contribution in [2.75, 3.05) is 13.6 Å². The molecule has 2 atom stereocenters. The van der Waals surface area contributed by atoms with Gasteiger partial charge in [-0.2, -0.15) is 0 Å². The first kappa shape index (κ1) is 10.8. The van der Waals surface area contributed by atoms with E-state index in [1.165, 1.54) is 37.8 Å². The van der Waals surface area contributed by atoms with Crippen LogP contribution < -0.4 is 0 Å². The van der Waals surface area contributed by atoms with Gasteiger partial charge in [0.05, 0.1) is 0 Å². The Morgan fingerprint density at radius 2 is 2.20 bits per heavy atom. The molecule has 1 aliphatic carbocycles. The Balaban J connectivity index is 2.21. The highest BCUT2D eigenvalue weighted by Gasteiger charge is 2.31. The Labute approximate surface area is 93.9 Å². The molecule has 1 heteroatoms. The van der Waals surface area contributed by atoms with Crippen molar-refractivity contribution in [3.05, 3.63) is 23.4 Å². The van der Waals surface area contributed by atoms with Crippen LogP contribution in [0.4, 0.5) is 0 Å². The number of hydrogen-bond donors (Lipinski definition) is 0. The first-order valence-corrected chi connectivity index (χ1v) is 6.38. The van der Waals surface area contributed by atoms with Gasteiger partial charge < -0.3 is 4.90 Å². The van der Waals surface area contributed by atoms with Gasteiger partial charge in [0.25, 0.3) is 0 Å². The quantitative estimate of drug-likeness (QED) is 0.666. The average Bonchev–Trinajstić information content (AvgIpc) is 2.29. The average molecular weight is 205 g/mol. The maximum Gasteiger partial charge on any atom is 0.0174 e. The fraction of sp³-hybridized carbons (Fsp3) is 0.714. The summed E-state index contributed by atoms with van der Waals surface area (Å²) in [6.07, 6.45) is 10.1. The van der Waals surface area contributed by atoms with Crippen molar-refractivity contribution in [1.82, 2.24) is 4.90 Å². The van der Waals surface area contributed by atoms with Crippen molar-refractivity contribution in [3.8, 4) is 0 Å². The highest BCUT2D eigenvalue weighted by Crippen LogP contribution is 2.39. The highest BCUT2D eigenvalue weighted by atomic mass is 15.1. The Bertz CT molecular complexity index is 288. The Kier molecular flexibility index (Phi) is 3.18. The lowest BCUT2D eigenvalue weighted by Crippen LogP contribution is -2.36.